The van der Waals surface area contributed by atoms with Gasteiger partial charge in [-0.1, -0.05) is 48.5 Å². The van der Waals surface area contributed by atoms with E-state index in [2.05, 4.69) is 5.32 Å². The monoisotopic (exact) mass is 349 g/mol. The summed E-state index contributed by atoms with van der Waals surface area (Å²) in [5.41, 5.74) is 2.73. The van der Waals surface area contributed by atoms with Crippen LogP contribution in [0.4, 0.5) is 0 Å². The van der Waals surface area contributed by atoms with E-state index in [1.54, 1.807) is 7.11 Å². The Morgan fingerprint density at radius 1 is 1.04 bits per heavy atom. The highest BCUT2D eigenvalue weighted by molar-refractivity contribution is 5.88. The Bertz CT molecular complexity index is 920. The molecule has 0 bridgehead atoms. The van der Waals surface area contributed by atoms with Crippen molar-refractivity contribution in [2.45, 2.75) is 26.0 Å². The van der Waals surface area contributed by atoms with E-state index in [0.717, 1.165) is 33.2 Å². The van der Waals surface area contributed by atoms with Crippen LogP contribution in [0.25, 0.3) is 10.8 Å². The molecule has 3 rings (SSSR count). The maximum Gasteiger partial charge on any atom is 0.227 e. The molecule has 0 aliphatic carbocycles. The summed E-state index contributed by atoms with van der Waals surface area (Å²) in [5.74, 6) is 0.520. The highest BCUT2D eigenvalue weighted by Crippen LogP contribution is 2.25. The van der Waals surface area contributed by atoms with E-state index in [1.807, 2.05) is 67.6 Å². The van der Waals surface area contributed by atoms with E-state index in [-0.39, 0.29) is 18.4 Å². The molecular formula is C22H23NO3. The average Bonchev–Trinajstić information content (AvgIpc) is 2.70. The maximum atomic E-state index is 12.6. The molecule has 2 N–H and O–H groups in total. The van der Waals surface area contributed by atoms with Crippen molar-refractivity contribution in [2.24, 2.45) is 0 Å². The summed E-state index contributed by atoms with van der Waals surface area (Å²) < 4.78 is 5.25. The Morgan fingerprint density at radius 3 is 2.46 bits per heavy atom. The lowest BCUT2D eigenvalue weighted by atomic mass is 9.97. The summed E-state index contributed by atoms with van der Waals surface area (Å²) in [4.78, 5) is 12.6. The molecule has 1 amide bonds. The molecule has 0 aromatic heterocycles. The third kappa shape index (κ3) is 3.86. The molecule has 0 unspecified atom stereocenters. The Kier molecular flexibility index (Phi) is 5.54. The van der Waals surface area contributed by atoms with Crippen LogP contribution in [0.2, 0.25) is 0 Å². The number of benzene rings is 3. The number of ether oxygens (including phenoxy) is 1. The zero-order valence-corrected chi connectivity index (χ0v) is 15.0. The zero-order chi connectivity index (χ0) is 18.5. The normalized spacial score (nSPS) is 12.0. The minimum atomic E-state index is -0.261. The van der Waals surface area contributed by atoms with Crippen molar-refractivity contribution >= 4 is 16.7 Å². The van der Waals surface area contributed by atoms with E-state index in [0.29, 0.717) is 6.54 Å². The average molecular weight is 349 g/mol. The molecule has 3 aromatic carbocycles. The Morgan fingerprint density at radius 2 is 1.73 bits per heavy atom. The lowest BCUT2D eigenvalue weighted by molar-refractivity contribution is -0.122. The van der Waals surface area contributed by atoms with Gasteiger partial charge in [-0.15, -0.1) is 0 Å². The van der Waals surface area contributed by atoms with E-state index >= 15 is 0 Å². The summed E-state index contributed by atoms with van der Waals surface area (Å²) in [7, 11) is 1.65. The molecule has 0 aliphatic heterocycles. The van der Waals surface area contributed by atoms with E-state index in [9.17, 15) is 9.90 Å². The molecule has 0 radical (unpaired) electrons. The number of methoxy groups -OCH3 is 1. The van der Waals surface area contributed by atoms with Crippen molar-refractivity contribution in [2.75, 3.05) is 7.11 Å². The first-order valence-corrected chi connectivity index (χ1v) is 8.65. The lowest BCUT2D eigenvalue weighted by Gasteiger charge is -2.15. The number of nitrogens with one attached hydrogen (secondary N) is 1. The van der Waals surface area contributed by atoms with Crippen LogP contribution in [0.3, 0.4) is 0 Å². The first-order valence-electron chi connectivity index (χ1n) is 8.65. The van der Waals surface area contributed by atoms with Crippen LogP contribution in [0.1, 0.15) is 29.5 Å². The van der Waals surface area contributed by atoms with Crippen LogP contribution < -0.4 is 10.1 Å². The Balaban J connectivity index is 1.72. The fourth-order valence-corrected chi connectivity index (χ4v) is 3.01. The number of carbonyl (C=O) groups excluding carboxylic acids is 1. The number of carbonyl (C=O) groups is 1. The first kappa shape index (κ1) is 18.0. The van der Waals surface area contributed by atoms with Gasteiger partial charge in [-0.05, 0) is 46.5 Å². The standard InChI is InChI=1S/C22H23NO3/c1-15(22(25)23-13-19-5-3-4-6-20(19)14-24)16-7-8-18-12-21(26-2)10-9-17(18)11-16/h3-12,15,24H,13-14H2,1-2H3,(H,23,25)/t15-/m0/s1. The smallest absolute Gasteiger partial charge is 0.227 e. The number of rotatable bonds is 6. The van der Waals surface area contributed by atoms with Gasteiger partial charge in [0.2, 0.25) is 5.91 Å². The highest BCUT2D eigenvalue weighted by Gasteiger charge is 2.16. The van der Waals surface area contributed by atoms with Gasteiger partial charge in [-0.3, -0.25) is 4.79 Å². The van der Waals surface area contributed by atoms with Crippen molar-refractivity contribution < 1.29 is 14.6 Å². The molecular weight excluding hydrogens is 326 g/mol. The predicted octanol–water partition coefficient (Wildman–Crippen LogP) is 3.76. The summed E-state index contributed by atoms with van der Waals surface area (Å²) >= 11 is 0. The first-order chi connectivity index (χ1) is 12.6. The number of aliphatic hydroxyl groups excluding tert-OH is 1. The van der Waals surface area contributed by atoms with Gasteiger partial charge in [0.1, 0.15) is 5.75 Å². The molecule has 0 saturated heterocycles. The Hall–Kier alpha value is -2.85. The molecule has 0 fully saturated rings. The molecule has 3 aromatic rings. The minimum absolute atomic E-state index is 0.0320. The number of aliphatic hydroxyl groups is 1. The van der Waals surface area contributed by atoms with E-state index < -0.39 is 0 Å². The molecule has 1 atom stereocenters. The maximum absolute atomic E-state index is 12.6. The third-order valence-electron chi connectivity index (χ3n) is 4.71. The van der Waals surface area contributed by atoms with Gasteiger partial charge in [-0.25, -0.2) is 0 Å². The van der Waals surface area contributed by atoms with Crippen molar-refractivity contribution in [3.63, 3.8) is 0 Å². The zero-order valence-electron chi connectivity index (χ0n) is 15.0. The molecule has 0 saturated carbocycles. The SMILES string of the molecule is COc1ccc2cc([C@H](C)C(=O)NCc3ccccc3CO)ccc2c1. The Labute approximate surface area is 153 Å². The number of fused-ring (bicyclic) bond motifs is 1. The van der Waals surface area contributed by atoms with Gasteiger partial charge in [0.05, 0.1) is 19.6 Å². The van der Waals surface area contributed by atoms with Crippen molar-refractivity contribution in [1.29, 1.82) is 0 Å². The second-order valence-electron chi connectivity index (χ2n) is 6.34. The van der Waals surface area contributed by atoms with Gasteiger partial charge in [0.25, 0.3) is 0 Å². The molecule has 4 heteroatoms. The fraction of sp³-hybridized carbons (Fsp3) is 0.227. The molecule has 26 heavy (non-hydrogen) atoms. The van der Waals surface area contributed by atoms with E-state index in [1.165, 1.54) is 0 Å². The van der Waals surface area contributed by atoms with Crippen LogP contribution in [0, 0.1) is 0 Å². The van der Waals surface area contributed by atoms with Crippen LogP contribution >= 0.6 is 0 Å². The summed E-state index contributed by atoms with van der Waals surface area (Å²) in [5, 5.41) is 14.5. The highest BCUT2D eigenvalue weighted by atomic mass is 16.5. The molecule has 0 heterocycles. The summed E-state index contributed by atoms with van der Waals surface area (Å²) in [6.07, 6.45) is 0. The van der Waals surface area contributed by atoms with Crippen molar-refractivity contribution in [1.82, 2.24) is 5.32 Å². The molecule has 0 spiro atoms. The number of hydrogen-bond donors (Lipinski definition) is 2. The van der Waals surface area contributed by atoms with E-state index in [4.69, 9.17) is 4.74 Å². The van der Waals surface area contributed by atoms with Crippen LogP contribution in [-0.4, -0.2) is 18.1 Å². The number of hydrogen-bond acceptors (Lipinski definition) is 3. The van der Waals surface area contributed by atoms with Gasteiger partial charge in [0, 0.05) is 6.54 Å². The molecule has 134 valence electrons. The minimum Gasteiger partial charge on any atom is -0.497 e. The molecule has 0 aliphatic rings. The van der Waals surface area contributed by atoms with Gasteiger partial charge < -0.3 is 15.2 Å². The largest absolute Gasteiger partial charge is 0.497 e. The van der Waals surface area contributed by atoms with Crippen LogP contribution in [0.15, 0.2) is 60.7 Å². The topological polar surface area (TPSA) is 58.6 Å². The fourth-order valence-electron chi connectivity index (χ4n) is 3.01. The van der Waals surface area contributed by atoms with Crippen LogP contribution in [-0.2, 0) is 17.9 Å². The van der Waals surface area contributed by atoms with Crippen molar-refractivity contribution in [3.05, 3.63) is 77.4 Å². The van der Waals surface area contributed by atoms with Gasteiger partial charge >= 0.3 is 0 Å². The quantitative estimate of drug-likeness (QED) is 0.712. The van der Waals surface area contributed by atoms with Gasteiger partial charge in [-0.2, -0.15) is 0 Å². The van der Waals surface area contributed by atoms with Crippen LogP contribution in [0.5, 0.6) is 5.75 Å². The van der Waals surface area contributed by atoms with Gasteiger partial charge in [0.15, 0.2) is 0 Å². The number of amides is 1. The second kappa shape index (κ2) is 8.02. The summed E-state index contributed by atoms with van der Waals surface area (Å²) in [6, 6.07) is 19.5. The predicted molar refractivity (Wildman–Crippen MR) is 103 cm³/mol. The van der Waals surface area contributed by atoms with Crippen molar-refractivity contribution in [3.8, 4) is 5.75 Å². The third-order valence-corrected chi connectivity index (χ3v) is 4.71. The lowest BCUT2D eigenvalue weighted by Crippen LogP contribution is -2.28. The second-order valence-corrected chi connectivity index (χ2v) is 6.34. The molecule has 4 nitrogen and oxygen atoms in total. The summed E-state index contributed by atoms with van der Waals surface area (Å²) in [6.45, 7) is 2.28.